The van der Waals surface area contributed by atoms with E-state index in [0.29, 0.717) is 22.3 Å². The maximum Gasteiger partial charge on any atom is 0.261 e. The van der Waals surface area contributed by atoms with Gasteiger partial charge in [-0.15, -0.1) is 0 Å². The highest BCUT2D eigenvalue weighted by molar-refractivity contribution is 7.22. The predicted molar refractivity (Wildman–Crippen MR) is 106 cm³/mol. The van der Waals surface area contributed by atoms with Gasteiger partial charge in [-0.1, -0.05) is 47.2 Å². The molecule has 0 aliphatic rings. The molecule has 1 amide bonds. The van der Waals surface area contributed by atoms with Crippen LogP contribution in [0.15, 0.2) is 42.5 Å². The number of fused-ring (bicyclic) bond motifs is 1. The van der Waals surface area contributed by atoms with E-state index in [-0.39, 0.29) is 5.91 Å². The number of hydrogen-bond donors (Lipinski definition) is 0. The normalized spacial score (nSPS) is 11.2. The third-order valence-electron chi connectivity index (χ3n) is 3.96. The number of nitrogens with zero attached hydrogens (tertiary/aromatic N) is 3. The molecule has 0 bridgehead atoms. The first-order valence-corrected chi connectivity index (χ1v) is 9.24. The number of para-hydroxylation sites is 1. The second-order valence-electron chi connectivity index (χ2n) is 6.16. The zero-order chi connectivity index (χ0) is 18.0. The topological polar surface area (TPSA) is 36.4 Å². The third-order valence-corrected chi connectivity index (χ3v) is 5.33. The van der Waals surface area contributed by atoms with Gasteiger partial charge in [-0.05, 0) is 44.8 Å². The Bertz CT molecular complexity index is 907. The van der Waals surface area contributed by atoms with Crippen LogP contribution in [0.1, 0.15) is 15.9 Å². The number of halogens is 1. The molecule has 25 heavy (non-hydrogen) atoms. The molecule has 3 rings (SSSR count). The Morgan fingerprint density at radius 1 is 1.12 bits per heavy atom. The molecule has 0 unspecified atom stereocenters. The van der Waals surface area contributed by atoms with E-state index in [9.17, 15) is 4.79 Å². The zero-order valence-electron chi connectivity index (χ0n) is 14.5. The fourth-order valence-corrected chi connectivity index (χ4v) is 3.84. The number of likely N-dealkylation sites (N-methyl/N-ethyl adjacent to an activating group) is 1. The largest absolute Gasteiger partial charge is 0.308 e. The third kappa shape index (κ3) is 3.84. The first-order valence-electron chi connectivity index (χ1n) is 8.04. The second-order valence-corrected chi connectivity index (χ2v) is 7.57. The Kier molecular flexibility index (Phi) is 5.37. The highest BCUT2D eigenvalue weighted by atomic mass is 35.5. The fourth-order valence-electron chi connectivity index (χ4n) is 2.55. The van der Waals surface area contributed by atoms with Crippen molar-refractivity contribution in [3.8, 4) is 0 Å². The SMILES string of the molecule is Cc1cccc2sc(N(CCN(C)C)C(=O)c3ccccc3Cl)nc12. The Balaban J connectivity index is 2.03. The van der Waals surface area contributed by atoms with Crippen molar-refractivity contribution in [1.29, 1.82) is 0 Å². The average molecular weight is 374 g/mol. The van der Waals surface area contributed by atoms with Gasteiger partial charge in [-0.25, -0.2) is 4.98 Å². The summed E-state index contributed by atoms with van der Waals surface area (Å²) in [6, 6.07) is 13.2. The van der Waals surface area contributed by atoms with E-state index in [1.165, 1.54) is 11.3 Å². The van der Waals surface area contributed by atoms with Crippen LogP contribution in [0.4, 0.5) is 5.13 Å². The summed E-state index contributed by atoms with van der Waals surface area (Å²) in [5, 5.41) is 1.16. The molecular formula is C19H20ClN3OS. The van der Waals surface area contributed by atoms with Gasteiger partial charge in [-0.2, -0.15) is 0 Å². The number of aryl methyl sites for hydroxylation is 1. The summed E-state index contributed by atoms with van der Waals surface area (Å²) in [6.07, 6.45) is 0. The van der Waals surface area contributed by atoms with Crippen LogP contribution in [-0.4, -0.2) is 43.0 Å². The summed E-state index contributed by atoms with van der Waals surface area (Å²) >= 11 is 7.77. The number of carbonyl (C=O) groups excluding carboxylic acids is 1. The van der Waals surface area contributed by atoms with Crippen LogP contribution >= 0.6 is 22.9 Å². The molecule has 0 saturated carbocycles. The van der Waals surface area contributed by atoms with Crippen molar-refractivity contribution in [3.63, 3.8) is 0 Å². The quantitative estimate of drug-likeness (QED) is 0.662. The van der Waals surface area contributed by atoms with Crippen LogP contribution in [0.25, 0.3) is 10.2 Å². The predicted octanol–water partition coefficient (Wildman–Crippen LogP) is 4.47. The van der Waals surface area contributed by atoms with E-state index in [0.717, 1.165) is 22.3 Å². The van der Waals surface area contributed by atoms with E-state index >= 15 is 0 Å². The smallest absolute Gasteiger partial charge is 0.261 e. The van der Waals surface area contributed by atoms with Crippen LogP contribution in [0.5, 0.6) is 0 Å². The summed E-state index contributed by atoms with van der Waals surface area (Å²) in [5.41, 5.74) is 2.56. The van der Waals surface area contributed by atoms with Crippen LogP contribution in [-0.2, 0) is 0 Å². The first-order chi connectivity index (χ1) is 12.0. The fraction of sp³-hybridized carbons (Fsp3) is 0.263. The lowest BCUT2D eigenvalue weighted by atomic mass is 10.2. The molecule has 0 fully saturated rings. The molecular weight excluding hydrogens is 354 g/mol. The van der Waals surface area contributed by atoms with Gasteiger partial charge in [0.15, 0.2) is 5.13 Å². The summed E-state index contributed by atoms with van der Waals surface area (Å²) < 4.78 is 1.08. The lowest BCUT2D eigenvalue weighted by Gasteiger charge is -2.22. The Morgan fingerprint density at radius 3 is 2.56 bits per heavy atom. The second kappa shape index (κ2) is 7.52. The number of carbonyl (C=O) groups is 1. The number of amides is 1. The minimum absolute atomic E-state index is 0.121. The molecule has 2 aromatic carbocycles. The van der Waals surface area contributed by atoms with Gasteiger partial charge >= 0.3 is 0 Å². The molecule has 1 heterocycles. The number of rotatable bonds is 5. The van der Waals surface area contributed by atoms with Crippen molar-refractivity contribution in [3.05, 3.63) is 58.6 Å². The van der Waals surface area contributed by atoms with E-state index in [4.69, 9.17) is 16.6 Å². The van der Waals surface area contributed by atoms with Crippen LogP contribution in [0, 0.1) is 6.92 Å². The summed E-state index contributed by atoms with van der Waals surface area (Å²) in [4.78, 5) is 21.6. The van der Waals surface area contributed by atoms with Gasteiger partial charge in [0.05, 0.1) is 20.8 Å². The highest BCUT2D eigenvalue weighted by Gasteiger charge is 2.23. The van der Waals surface area contributed by atoms with Crippen molar-refractivity contribution >= 4 is 44.2 Å². The van der Waals surface area contributed by atoms with Crippen molar-refractivity contribution in [1.82, 2.24) is 9.88 Å². The maximum absolute atomic E-state index is 13.1. The zero-order valence-corrected chi connectivity index (χ0v) is 16.1. The molecule has 3 aromatic rings. The molecule has 0 N–H and O–H groups in total. The van der Waals surface area contributed by atoms with Crippen molar-refractivity contribution in [2.24, 2.45) is 0 Å². The van der Waals surface area contributed by atoms with Crippen molar-refractivity contribution in [2.45, 2.75) is 6.92 Å². The molecule has 0 spiro atoms. The summed E-state index contributed by atoms with van der Waals surface area (Å²) in [6.45, 7) is 3.33. The van der Waals surface area contributed by atoms with Crippen molar-refractivity contribution < 1.29 is 4.79 Å². The Morgan fingerprint density at radius 2 is 1.88 bits per heavy atom. The van der Waals surface area contributed by atoms with Crippen LogP contribution in [0.2, 0.25) is 5.02 Å². The molecule has 0 radical (unpaired) electrons. The highest BCUT2D eigenvalue weighted by Crippen LogP contribution is 2.32. The standard InChI is InChI=1S/C19H20ClN3OS/c1-13-7-6-10-16-17(13)21-19(25-16)23(12-11-22(2)3)18(24)14-8-4-5-9-15(14)20/h4-10H,11-12H2,1-3H3. The molecule has 130 valence electrons. The number of hydrogen-bond acceptors (Lipinski definition) is 4. The Labute approximate surface area is 156 Å². The van der Waals surface area contributed by atoms with E-state index in [1.807, 2.05) is 56.3 Å². The van der Waals surface area contributed by atoms with Gasteiger partial charge < -0.3 is 4.90 Å². The minimum atomic E-state index is -0.121. The number of anilines is 1. The molecule has 0 saturated heterocycles. The number of thiazole rings is 1. The van der Waals surface area contributed by atoms with Gasteiger partial charge in [0.1, 0.15) is 0 Å². The maximum atomic E-state index is 13.1. The molecule has 0 aliphatic carbocycles. The Hall–Kier alpha value is -1.95. The minimum Gasteiger partial charge on any atom is -0.308 e. The van der Waals surface area contributed by atoms with E-state index < -0.39 is 0 Å². The van der Waals surface area contributed by atoms with Crippen LogP contribution in [0.3, 0.4) is 0 Å². The van der Waals surface area contributed by atoms with Crippen LogP contribution < -0.4 is 4.90 Å². The van der Waals surface area contributed by atoms with Gasteiger partial charge in [-0.3, -0.25) is 9.69 Å². The van der Waals surface area contributed by atoms with Crippen molar-refractivity contribution in [2.75, 3.05) is 32.1 Å². The first kappa shape index (κ1) is 17.9. The number of aromatic nitrogens is 1. The lowest BCUT2D eigenvalue weighted by Crippen LogP contribution is -2.36. The molecule has 1 aromatic heterocycles. The van der Waals surface area contributed by atoms with Gasteiger partial charge in [0, 0.05) is 13.1 Å². The summed E-state index contributed by atoms with van der Waals surface area (Å²) in [5.74, 6) is -0.121. The molecule has 6 heteroatoms. The monoisotopic (exact) mass is 373 g/mol. The lowest BCUT2D eigenvalue weighted by molar-refractivity contribution is 0.0985. The molecule has 0 aliphatic heterocycles. The van der Waals surface area contributed by atoms with Gasteiger partial charge in [0.25, 0.3) is 5.91 Å². The van der Waals surface area contributed by atoms with E-state index in [1.54, 1.807) is 17.0 Å². The summed E-state index contributed by atoms with van der Waals surface area (Å²) in [7, 11) is 3.97. The number of benzene rings is 2. The van der Waals surface area contributed by atoms with E-state index in [2.05, 4.69) is 0 Å². The van der Waals surface area contributed by atoms with Gasteiger partial charge in [0.2, 0.25) is 0 Å². The molecule has 0 atom stereocenters. The average Bonchev–Trinajstić information content (AvgIpc) is 3.00. The molecule has 4 nitrogen and oxygen atoms in total.